The van der Waals surface area contributed by atoms with Crippen LogP contribution in [0.4, 0.5) is 31.1 Å². The molecule has 4 heterocycles. The topological polar surface area (TPSA) is 84.0 Å². The van der Waals surface area contributed by atoms with Gasteiger partial charge in [0.1, 0.15) is 12.7 Å². The average Bonchev–Trinajstić information content (AvgIpc) is 2.77. The molecule has 2 atom stereocenters. The summed E-state index contributed by atoms with van der Waals surface area (Å²) >= 11 is 0. The lowest BCUT2D eigenvalue weighted by Crippen LogP contribution is -2.62. The third-order valence-electron chi connectivity index (χ3n) is 6.04. The predicted molar refractivity (Wildman–Crippen MR) is 103 cm³/mol. The molecule has 1 aromatic rings. The first-order chi connectivity index (χ1) is 15.9. The van der Waals surface area contributed by atoms with Gasteiger partial charge in [-0.1, -0.05) is 0 Å². The predicted octanol–water partition coefficient (Wildman–Crippen LogP) is 2.67. The summed E-state index contributed by atoms with van der Waals surface area (Å²) in [5.74, 6) is -0.792. The normalized spacial score (nSPS) is 24.5. The summed E-state index contributed by atoms with van der Waals surface area (Å²) in [5.41, 5.74) is -3.93. The van der Waals surface area contributed by atoms with E-state index in [0.29, 0.717) is 25.6 Å². The number of hydrogen-bond donors (Lipinski definition) is 1. The smallest absolute Gasteiger partial charge is 0.434 e. The van der Waals surface area contributed by atoms with Gasteiger partial charge in [0.05, 0.1) is 17.7 Å². The van der Waals surface area contributed by atoms with Gasteiger partial charge in [-0.25, -0.2) is 9.78 Å². The second kappa shape index (κ2) is 9.12. The molecule has 1 unspecified atom stereocenters. The third-order valence-corrected chi connectivity index (χ3v) is 6.04. The molecule has 3 saturated heterocycles. The summed E-state index contributed by atoms with van der Waals surface area (Å²) < 4.78 is 88.8. The van der Waals surface area contributed by atoms with Crippen molar-refractivity contribution >= 4 is 11.9 Å². The molecule has 188 valence electrons. The molecule has 0 spiro atoms. The second-order valence-corrected chi connectivity index (χ2v) is 8.39. The number of morpholine rings is 1. The van der Waals surface area contributed by atoms with E-state index in [-0.39, 0.29) is 56.6 Å². The zero-order valence-corrected chi connectivity index (χ0v) is 17.8. The van der Waals surface area contributed by atoms with Crippen LogP contribution in [0, 0.1) is 0 Å². The number of fused-ring (bicyclic) bond motifs is 1. The fourth-order valence-corrected chi connectivity index (χ4v) is 4.36. The molecule has 0 aromatic carbocycles. The molecule has 3 aliphatic rings. The highest BCUT2D eigenvalue weighted by atomic mass is 19.4. The lowest BCUT2D eigenvalue weighted by molar-refractivity contribution is -0.165. The SMILES string of the molecule is O=C1COC2CCN(C(=O)N3CCC(Oc4ccc(C(F)(F)F)c(C(F)(F)F)n4)CC3)C[C@H]2N1. The number of nitrogens with one attached hydrogen (secondary N) is 1. The van der Waals surface area contributed by atoms with Crippen LogP contribution in [0.2, 0.25) is 0 Å². The van der Waals surface area contributed by atoms with Crippen LogP contribution in [0.1, 0.15) is 30.5 Å². The Morgan fingerprint density at radius 2 is 1.71 bits per heavy atom. The Morgan fingerprint density at radius 1 is 1.03 bits per heavy atom. The summed E-state index contributed by atoms with van der Waals surface area (Å²) in [7, 11) is 0. The number of likely N-dealkylation sites (tertiary alicyclic amines) is 2. The Labute approximate surface area is 190 Å². The molecule has 1 aromatic heterocycles. The number of alkyl halides is 6. The van der Waals surface area contributed by atoms with Crippen molar-refractivity contribution in [3.63, 3.8) is 0 Å². The van der Waals surface area contributed by atoms with Crippen LogP contribution in [0.25, 0.3) is 0 Å². The van der Waals surface area contributed by atoms with Gasteiger partial charge in [0.2, 0.25) is 11.8 Å². The number of amides is 3. The van der Waals surface area contributed by atoms with Gasteiger partial charge in [-0.3, -0.25) is 4.79 Å². The molecule has 4 rings (SSSR count). The van der Waals surface area contributed by atoms with Crippen LogP contribution in [-0.4, -0.2) is 77.8 Å². The third kappa shape index (κ3) is 5.31. The van der Waals surface area contributed by atoms with Crippen molar-refractivity contribution in [2.75, 3.05) is 32.8 Å². The first-order valence-electron chi connectivity index (χ1n) is 10.7. The van der Waals surface area contributed by atoms with Gasteiger partial charge in [0.15, 0.2) is 5.69 Å². The minimum Gasteiger partial charge on any atom is -0.474 e. The monoisotopic (exact) mass is 496 g/mol. The van der Waals surface area contributed by atoms with Crippen molar-refractivity contribution in [2.24, 2.45) is 0 Å². The summed E-state index contributed by atoms with van der Waals surface area (Å²) in [6.07, 6.45) is -10.1. The maximum atomic E-state index is 13.1. The summed E-state index contributed by atoms with van der Waals surface area (Å²) in [5, 5.41) is 2.81. The average molecular weight is 496 g/mol. The fraction of sp³-hybridized carbons (Fsp3) is 0.650. The largest absolute Gasteiger partial charge is 0.474 e. The van der Waals surface area contributed by atoms with Gasteiger partial charge in [0, 0.05) is 45.1 Å². The first kappa shape index (κ1) is 24.4. The zero-order chi connectivity index (χ0) is 24.7. The van der Waals surface area contributed by atoms with Crippen LogP contribution >= 0.6 is 0 Å². The highest BCUT2D eigenvalue weighted by Crippen LogP contribution is 2.40. The van der Waals surface area contributed by atoms with Crippen LogP contribution in [0.5, 0.6) is 5.88 Å². The van der Waals surface area contributed by atoms with Crippen LogP contribution in [-0.2, 0) is 21.9 Å². The van der Waals surface area contributed by atoms with Gasteiger partial charge in [-0.2, -0.15) is 26.3 Å². The molecule has 1 N–H and O–H groups in total. The Hall–Kier alpha value is -2.77. The summed E-state index contributed by atoms with van der Waals surface area (Å²) in [4.78, 5) is 30.7. The number of hydrogen-bond acceptors (Lipinski definition) is 5. The minimum atomic E-state index is -5.30. The maximum Gasteiger partial charge on any atom is 0.434 e. The van der Waals surface area contributed by atoms with Crippen molar-refractivity contribution < 1.29 is 45.4 Å². The maximum absolute atomic E-state index is 13.1. The standard InChI is InChI=1S/C20H22F6N4O4/c21-19(22,23)12-1-2-16(28-17(12)20(24,25)26)34-11-3-6-29(7-4-11)18(32)30-8-5-14-13(9-30)27-15(31)10-33-14/h1-2,11,13-14H,3-10H2,(H,27,31)/t13-,14?/m1/s1. The molecule has 0 aliphatic carbocycles. The van der Waals surface area contributed by atoms with E-state index in [1.165, 1.54) is 0 Å². The van der Waals surface area contributed by atoms with Gasteiger partial charge in [0.25, 0.3) is 0 Å². The quantitative estimate of drug-likeness (QED) is 0.637. The van der Waals surface area contributed by atoms with E-state index in [2.05, 4.69) is 10.3 Å². The van der Waals surface area contributed by atoms with Gasteiger partial charge in [-0.15, -0.1) is 0 Å². The molecule has 3 amide bonds. The molecular formula is C20H22F6N4O4. The van der Waals surface area contributed by atoms with E-state index >= 15 is 0 Å². The van der Waals surface area contributed by atoms with Gasteiger partial charge in [-0.05, 0) is 12.5 Å². The van der Waals surface area contributed by atoms with E-state index in [1.807, 2.05) is 0 Å². The summed E-state index contributed by atoms with van der Waals surface area (Å²) in [6.45, 7) is 1.28. The van der Waals surface area contributed by atoms with Crippen LogP contribution < -0.4 is 10.1 Å². The number of pyridine rings is 1. The Morgan fingerprint density at radius 3 is 2.35 bits per heavy atom. The molecule has 14 heteroatoms. The number of nitrogens with zero attached hydrogens (tertiary/aromatic N) is 3. The Balaban J connectivity index is 1.33. The molecule has 0 bridgehead atoms. The van der Waals surface area contributed by atoms with E-state index in [9.17, 15) is 35.9 Å². The van der Waals surface area contributed by atoms with Crippen molar-refractivity contribution in [3.05, 3.63) is 23.4 Å². The van der Waals surface area contributed by atoms with Gasteiger partial charge >= 0.3 is 18.4 Å². The lowest BCUT2D eigenvalue weighted by atomic mass is 10.0. The number of carbonyl (C=O) groups excluding carboxylic acids is 2. The van der Waals surface area contributed by atoms with E-state index < -0.39 is 35.6 Å². The minimum absolute atomic E-state index is 0.000873. The molecule has 0 radical (unpaired) electrons. The van der Waals surface area contributed by atoms with Gasteiger partial charge < -0.3 is 24.6 Å². The number of rotatable bonds is 2. The highest BCUT2D eigenvalue weighted by molar-refractivity contribution is 5.79. The van der Waals surface area contributed by atoms with Crippen LogP contribution in [0.3, 0.4) is 0 Å². The van der Waals surface area contributed by atoms with E-state index in [1.54, 1.807) is 9.80 Å². The van der Waals surface area contributed by atoms with Crippen LogP contribution in [0.15, 0.2) is 12.1 Å². The molecule has 3 fully saturated rings. The fourth-order valence-electron chi connectivity index (χ4n) is 4.36. The number of piperidine rings is 2. The number of ether oxygens (including phenoxy) is 2. The van der Waals surface area contributed by atoms with E-state index in [0.717, 1.165) is 6.07 Å². The van der Waals surface area contributed by atoms with Crippen molar-refractivity contribution in [3.8, 4) is 5.88 Å². The zero-order valence-electron chi connectivity index (χ0n) is 17.8. The molecule has 8 nitrogen and oxygen atoms in total. The molecule has 3 aliphatic heterocycles. The molecule has 0 saturated carbocycles. The summed E-state index contributed by atoms with van der Waals surface area (Å²) in [6, 6.07) is 0.554. The lowest BCUT2D eigenvalue weighted by Gasteiger charge is -2.43. The second-order valence-electron chi connectivity index (χ2n) is 8.39. The Bertz CT molecular complexity index is 933. The number of urea groups is 1. The van der Waals surface area contributed by atoms with Crippen molar-refractivity contribution in [1.82, 2.24) is 20.1 Å². The first-order valence-corrected chi connectivity index (χ1v) is 10.7. The molecule has 34 heavy (non-hydrogen) atoms. The number of halogens is 6. The van der Waals surface area contributed by atoms with Crippen molar-refractivity contribution in [1.29, 1.82) is 0 Å². The Kier molecular flexibility index (Phi) is 6.53. The molecular weight excluding hydrogens is 474 g/mol. The highest BCUT2D eigenvalue weighted by Gasteiger charge is 2.45. The van der Waals surface area contributed by atoms with E-state index in [4.69, 9.17) is 9.47 Å². The number of aromatic nitrogens is 1. The van der Waals surface area contributed by atoms with Crippen molar-refractivity contribution in [2.45, 2.75) is 49.9 Å². The number of carbonyl (C=O) groups is 2.